The fourth-order valence-electron chi connectivity index (χ4n) is 6.81. The Morgan fingerprint density at radius 3 is 2.41 bits per heavy atom. The molecule has 2 aliphatic rings. The van der Waals surface area contributed by atoms with Gasteiger partial charge in [0.2, 0.25) is 0 Å². The Labute approximate surface area is 257 Å². The normalized spacial score (nSPS) is 17.6. The number of aryl methyl sites for hydroxylation is 2. The molecule has 0 aliphatic carbocycles. The van der Waals surface area contributed by atoms with Crippen LogP contribution in [0.5, 0.6) is 5.75 Å². The molecule has 0 spiro atoms. The average Bonchev–Trinajstić information content (AvgIpc) is 3.01. The Morgan fingerprint density at radius 2 is 1.73 bits per heavy atom. The maximum atomic E-state index is 13.6. The van der Waals surface area contributed by atoms with Crippen LogP contribution in [0, 0.1) is 22.9 Å². The van der Waals surface area contributed by atoms with Gasteiger partial charge in [0.05, 0.1) is 32.3 Å². The van der Waals surface area contributed by atoms with Crippen LogP contribution in [0.15, 0.2) is 36.5 Å². The molecule has 0 radical (unpaired) electrons. The standard InChI is InChI=1S/C34H42F3N3O4/c1-43-26-6-7-31-28(20-26)27(25(22-38-31)23-40-14-16-44-17-15-40)5-2-8-34(21-32(41)42)9-12-39(13-10-34)11-3-4-24-18-29(35)33(37)30(36)19-24/h6-7,18-20,22H,2-5,8-17,21,23H2,1H3,(H,41,42). The van der Waals surface area contributed by atoms with Crippen molar-refractivity contribution in [1.29, 1.82) is 0 Å². The fourth-order valence-corrected chi connectivity index (χ4v) is 6.81. The third-order valence-electron chi connectivity index (χ3n) is 9.33. The van der Waals surface area contributed by atoms with E-state index in [0.717, 1.165) is 113 Å². The Bertz CT molecular complexity index is 1420. The molecule has 44 heavy (non-hydrogen) atoms. The minimum atomic E-state index is -1.44. The van der Waals surface area contributed by atoms with Crippen molar-refractivity contribution in [1.82, 2.24) is 14.8 Å². The van der Waals surface area contributed by atoms with Crippen LogP contribution < -0.4 is 4.74 Å². The number of methoxy groups -OCH3 is 1. The van der Waals surface area contributed by atoms with E-state index in [9.17, 15) is 23.1 Å². The van der Waals surface area contributed by atoms with E-state index in [1.165, 1.54) is 11.1 Å². The summed E-state index contributed by atoms with van der Waals surface area (Å²) < 4.78 is 51.5. The van der Waals surface area contributed by atoms with E-state index in [-0.39, 0.29) is 11.8 Å². The number of likely N-dealkylation sites (tertiary alicyclic amines) is 1. The zero-order chi connectivity index (χ0) is 31.1. The number of carbonyl (C=O) groups is 1. The minimum absolute atomic E-state index is 0.139. The summed E-state index contributed by atoms with van der Waals surface area (Å²) in [4.78, 5) is 21.4. The molecule has 5 rings (SSSR count). The van der Waals surface area contributed by atoms with Gasteiger partial charge in [-0.3, -0.25) is 14.7 Å². The third kappa shape index (κ3) is 8.08. The summed E-state index contributed by atoms with van der Waals surface area (Å²) >= 11 is 0. The quantitative estimate of drug-likeness (QED) is 0.237. The van der Waals surface area contributed by atoms with Crippen molar-refractivity contribution in [2.45, 2.75) is 57.9 Å². The highest BCUT2D eigenvalue weighted by Gasteiger charge is 2.36. The predicted octanol–water partition coefficient (Wildman–Crippen LogP) is 6.01. The minimum Gasteiger partial charge on any atom is -0.497 e. The van der Waals surface area contributed by atoms with E-state index >= 15 is 0 Å². The highest BCUT2D eigenvalue weighted by Crippen LogP contribution is 2.40. The van der Waals surface area contributed by atoms with Gasteiger partial charge >= 0.3 is 5.97 Å². The van der Waals surface area contributed by atoms with Crippen LogP contribution in [-0.2, 0) is 28.9 Å². The van der Waals surface area contributed by atoms with Crippen LogP contribution in [0.2, 0.25) is 0 Å². The van der Waals surface area contributed by atoms with Crippen molar-refractivity contribution in [3.63, 3.8) is 0 Å². The number of carboxylic acids is 1. The number of hydrogen-bond donors (Lipinski definition) is 1. The second-order valence-electron chi connectivity index (χ2n) is 12.3. The summed E-state index contributed by atoms with van der Waals surface area (Å²) in [6.07, 6.45) is 7.31. The first kappa shape index (κ1) is 32.2. The monoisotopic (exact) mass is 613 g/mol. The van der Waals surface area contributed by atoms with E-state index in [0.29, 0.717) is 18.4 Å². The summed E-state index contributed by atoms with van der Waals surface area (Å²) in [6.45, 7) is 6.29. The third-order valence-corrected chi connectivity index (χ3v) is 9.33. The first-order valence-electron chi connectivity index (χ1n) is 15.6. The molecule has 3 aromatic rings. The van der Waals surface area contributed by atoms with Crippen LogP contribution in [-0.4, -0.2) is 78.9 Å². The van der Waals surface area contributed by atoms with Crippen molar-refractivity contribution in [3.05, 3.63) is 70.7 Å². The fraction of sp³-hybridized carbons (Fsp3) is 0.529. The molecule has 1 aromatic heterocycles. The number of pyridine rings is 1. The lowest BCUT2D eigenvalue weighted by atomic mass is 9.71. The van der Waals surface area contributed by atoms with Gasteiger partial charge in [0.25, 0.3) is 0 Å². The largest absolute Gasteiger partial charge is 0.497 e. The Balaban J connectivity index is 1.22. The Kier molecular flexibility index (Phi) is 10.8. The van der Waals surface area contributed by atoms with Crippen LogP contribution in [0.3, 0.4) is 0 Å². The molecule has 0 amide bonds. The molecule has 10 heteroatoms. The molecule has 238 valence electrons. The van der Waals surface area contributed by atoms with Gasteiger partial charge in [-0.1, -0.05) is 0 Å². The number of morpholine rings is 1. The summed E-state index contributed by atoms with van der Waals surface area (Å²) in [5, 5.41) is 10.9. The summed E-state index contributed by atoms with van der Waals surface area (Å²) in [5.41, 5.74) is 3.52. The molecule has 3 heterocycles. The van der Waals surface area contributed by atoms with E-state index in [1.807, 2.05) is 18.3 Å². The Morgan fingerprint density at radius 1 is 1.00 bits per heavy atom. The molecule has 2 aliphatic heterocycles. The van der Waals surface area contributed by atoms with Crippen LogP contribution in [0.25, 0.3) is 10.9 Å². The number of fused-ring (bicyclic) bond motifs is 1. The molecule has 2 saturated heterocycles. The molecule has 0 saturated carbocycles. The van der Waals surface area contributed by atoms with E-state index in [4.69, 9.17) is 14.5 Å². The van der Waals surface area contributed by atoms with E-state index in [2.05, 4.69) is 15.9 Å². The number of rotatable bonds is 13. The first-order valence-corrected chi connectivity index (χ1v) is 15.6. The zero-order valence-electron chi connectivity index (χ0n) is 25.4. The second-order valence-corrected chi connectivity index (χ2v) is 12.3. The molecule has 1 N–H and O–H groups in total. The van der Waals surface area contributed by atoms with Crippen molar-refractivity contribution in [2.75, 3.05) is 53.0 Å². The number of benzene rings is 2. The van der Waals surface area contributed by atoms with Crippen LogP contribution >= 0.6 is 0 Å². The SMILES string of the molecule is COc1ccc2ncc(CN3CCOCC3)c(CCCC3(CC(=O)O)CCN(CCCc4cc(F)c(F)c(F)c4)CC3)c2c1. The number of carboxylic acid groups (broad SMARTS) is 1. The molecule has 7 nitrogen and oxygen atoms in total. The predicted molar refractivity (Wildman–Crippen MR) is 162 cm³/mol. The van der Waals surface area contributed by atoms with Gasteiger partial charge in [-0.05, 0) is 117 Å². The topological polar surface area (TPSA) is 75.1 Å². The average molecular weight is 614 g/mol. The lowest BCUT2D eigenvalue weighted by Gasteiger charge is -2.41. The highest BCUT2D eigenvalue weighted by molar-refractivity contribution is 5.84. The number of nitrogens with zero attached hydrogens (tertiary/aromatic N) is 3. The summed E-state index contributed by atoms with van der Waals surface area (Å²) in [5.74, 6) is -3.75. The second kappa shape index (κ2) is 14.7. The number of halogens is 3. The number of aliphatic carboxylic acids is 1. The van der Waals surface area contributed by atoms with E-state index in [1.54, 1.807) is 7.11 Å². The molecule has 2 fully saturated rings. The van der Waals surface area contributed by atoms with Crippen molar-refractivity contribution in [3.8, 4) is 5.75 Å². The van der Waals surface area contributed by atoms with Crippen LogP contribution in [0.1, 0.15) is 55.2 Å². The first-order chi connectivity index (χ1) is 21.2. The highest BCUT2D eigenvalue weighted by atomic mass is 19.2. The summed E-state index contributed by atoms with van der Waals surface area (Å²) in [6, 6.07) is 8.08. The van der Waals surface area contributed by atoms with E-state index < -0.39 is 23.4 Å². The molecule has 0 atom stereocenters. The lowest BCUT2D eigenvalue weighted by molar-refractivity contribution is -0.140. The molecule has 0 bridgehead atoms. The molecule has 2 aromatic carbocycles. The lowest BCUT2D eigenvalue weighted by Crippen LogP contribution is -2.41. The van der Waals surface area contributed by atoms with Crippen molar-refractivity contribution in [2.24, 2.45) is 5.41 Å². The van der Waals surface area contributed by atoms with Gasteiger partial charge in [-0.2, -0.15) is 0 Å². The smallest absolute Gasteiger partial charge is 0.303 e. The van der Waals surface area contributed by atoms with Gasteiger partial charge in [0.15, 0.2) is 17.5 Å². The van der Waals surface area contributed by atoms with Crippen LogP contribution in [0.4, 0.5) is 13.2 Å². The molecule has 0 unspecified atom stereocenters. The Hall–Kier alpha value is -3.21. The van der Waals surface area contributed by atoms with Crippen molar-refractivity contribution < 1.29 is 32.5 Å². The molecular weight excluding hydrogens is 571 g/mol. The number of hydrogen-bond acceptors (Lipinski definition) is 6. The van der Waals surface area contributed by atoms with Gasteiger partial charge in [-0.15, -0.1) is 0 Å². The number of piperidine rings is 1. The molecular formula is C34H42F3N3O4. The van der Waals surface area contributed by atoms with Gasteiger partial charge in [0, 0.05) is 31.2 Å². The van der Waals surface area contributed by atoms with Crippen molar-refractivity contribution >= 4 is 16.9 Å². The van der Waals surface area contributed by atoms with Gasteiger partial charge in [-0.25, -0.2) is 13.2 Å². The summed E-state index contributed by atoms with van der Waals surface area (Å²) in [7, 11) is 1.66. The van der Waals surface area contributed by atoms with Gasteiger partial charge in [0.1, 0.15) is 5.75 Å². The maximum absolute atomic E-state index is 13.6. The maximum Gasteiger partial charge on any atom is 0.303 e. The number of ether oxygens (including phenoxy) is 2. The van der Waals surface area contributed by atoms with Gasteiger partial charge < -0.3 is 19.5 Å². The zero-order valence-corrected chi connectivity index (χ0v) is 25.4. The number of aromatic nitrogens is 1.